The number of pyridine rings is 1. The van der Waals surface area contributed by atoms with E-state index in [0.717, 1.165) is 63.9 Å². The molecule has 0 aliphatic rings. The van der Waals surface area contributed by atoms with Crippen LogP contribution in [0.25, 0.3) is 39.6 Å². The molecule has 2 aromatic heterocycles. The molecule has 0 unspecified atom stereocenters. The van der Waals surface area contributed by atoms with Gasteiger partial charge in [-0.3, -0.25) is 9.55 Å². The summed E-state index contributed by atoms with van der Waals surface area (Å²) in [4.78, 5) is 4.25. The lowest BCUT2D eigenvalue weighted by atomic mass is 10.1. The molecule has 5 aromatic rings. The fourth-order valence-corrected chi connectivity index (χ4v) is 4.08. The van der Waals surface area contributed by atoms with E-state index in [1.165, 1.54) is 0 Å². The number of hydrogen-bond donors (Lipinski definition) is 0. The van der Waals surface area contributed by atoms with E-state index in [2.05, 4.69) is 63.9 Å². The van der Waals surface area contributed by atoms with Gasteiger partial charge in [-0.2, -0.15) is 0 Å². The van der Waals surface area contributed by atoms with E-state index in [1.807, 2.05) is 60.8 Å². The normalized spacial score (nSPS) is 10.9. The summed E-state index contributed by atoms with van der Waals surface area (Å²) in [5.74, 6) is 3.22. The second-order valence-corrected chi connectivity index (χ2v) is 8.72. The summed E-state index contributed by atoms with van der Waals surface area (Å²) in [6, 6.07) is 28.4. The average Bonchev–Trinajstić information content (AvgIpc) is 3.41. The first kappa shape index (κ1) is 24.3. The molecule has 0 radical (unpaired) electrons. The first-order chi connectivity index (χ1) is 18.3. The lowest BCUT2D eigenvalue weighted by Gasteiger charge is -2.13. The van der Waals surface area contributed by atoms with E-state index in [1.54, 1.807) is 6.20 Å². The minimum atomic E-state index is 0.695. The molecule has 0 spiro atoms. The van der Waals surface area contributed by atoms with Crippen LogP contribution in [-0.2, 0) is 0 Å². The Bertz CT molecular complexity index is 1340. The van der Waals surface area contributed by atoms with Crippen LogP contribution in [0.15, 0.2) is 97.3 Å². The number of ether oxygens (including phenoxy) is 2. The Kier molecular flexibility index (Phi) is 7.55. The summed E-state index contributed by atoms with van der Waals surface area (Å²) in [5, 5.41) is 9.23. The van der Waals surface area contributed by atoms with Gasteiger partial charge >= 0.3 is 0 Å². The highest BCUT2D eigenvalue weighted by Crippen LogP contribution is 2.31. The lowest BCUT2D eigenvalue weighted by molar-refractivity contribution is 0.317. The van der Waals surface area contributed by atoms with Crippen molar-refractivity contribution >= 4 is 0 Å². The molecule has 0 amide bonds. The quantitative estimate of drug-likeness (QED) is 0.206. The van der Waals surface area contributed by atoms with Crippen molar-refractivity contribution in [3.63, 3.8) is 0 Å². The molecule has 0 aliphatic carbocycles. The molecule has 6 heteroatoms. The monoisotopic (exact) mass is 490 g/mol. The molecule has 0 fully saturated rings. The Morgan fingerprint density at radius 1 is 0.595 bits per heavy atom. The van der Waals surface area contributed by atoms with Gasteiger partial charge in [0.25, 0.3) is 0 Å². The second kappa shape index (κ2) is 11.5. The Labute approximate surface area is 217 Å². The van der Waals surface area contributed by atoms with Crippen molar-refractivity contribution < 1.29 is 9.47 Å². The van der Waals surface area contributed by atoms with Crippen LogP contribution in [0, 0.1) is 0 Å². The molecule has 0 N–H and O–H groups in total. The van der Waals surface area contributed by atoms with Crippen molar-refractivity contribution in [3.05, 3.63) is 97.3 Å². The summed E-state index contributed by atoms with van der Waals surface area (Å²) in [7, 11) is 0. The first-order valence-electron chi connectivity index (χ1n) is 12.7. The second-order valence-electron chi connectivity index (χ2n) is 8.72. The van der Waals surface area contributed by atoms with E-state index >= 15 is 0 Å². The highest BCUT2D eigenvalue weighted by Gasteiger charge is 2.18. The van der Waals surface area contributed by atoms with Gasteiger partial charge in [-0.1, -0.05) is 32.0 Å². The standard InChI is InChI=1S/C31H30N4O2/c1-3-20-36-28-15-9-24(10-16-28)30-33-34-31(25-11-17-29(18-12-25)37-21-4-2)35(30)27-13-7-23(8-14-27)26-6-5-19-32-22-26/h5-19,22H,3-4,20-21H2,1-2H3. The Hall–Kier alpha value is -4.45. The fourth-order valence-electron chi connectivity index (χ4n) is 4.08. The zero-order chi connectivity index (χ0) is 25.5. The summed E-state index contributed by atoms with van der Waals surface area (Å²) < 4.78 is 13.6. The number of rotatable bonds is 10. The van der Waals surface area contributed by atoms with Gasteiger partial charge in [-0.05, 0) is 90.7 Å². The van der Waals surface area contributed by atoms with Crippen molar-refractivity contribution in [2.75, 3.05) is 13.2 Å². The number of aromatic nitrogens is 4. The highest BCUT2D eigenvalue weighted by atomic mass is 16.5. The van der Waals surface area contributed by atoms with Crippen LogP contribution in [0.5, 0.6) is 11.5 Å². The zero-order valence-corrected chi connectivity index (χ0v) is 21.2. The summed E-state index contributed by atoms with van der Waals surface area (Å²) in [6.07, 6.45) is 5.59. The van der Waals surface area contributed by atoms with Gasteiger partial charge in [0.2, 0.25) is 0 Å². The van der Waals surface area contributed by atoms with E-state index < -0.39 is 0 Å². The molecular weight excluding hydrogens is 460 g/mol. The SMILES string of the molecule is CCCOc1ccc(-c2nnc(-c3ccc(OCCC)cc3)n2-c2ccc(-c3cccnc3)cc2)cc1. The molecular formula is C31H30N4O2. The third-order valence-electron chi connectivity index (χ3n) is 5.95. The third kappa shape index (κ3) is 5.54. The summed E-state index contributed by atoms with van der Waals surface area (Å²) >= 11 is 0. The van der Waals surface area contributed by atoms with E-state index in [9.17, 15) is 0 Å². The Morgan fingerprint density at radius 2 is 1.11 bits per heavy atom. The molecule has 37 heavy (non-hydrogen) atoms. The van der Waals surface area contributed by atoms with Crippen molar-refractivity contribution in [2.45, 2.75) is 26.7 Å². The van der Waals surface area contributed by atoms with Crippen LogP contribution in [0.4, 0.5) is 0 Å². The minimum Gasteiger partial charge on any atom is -0.494 e. The Morgan fingerprint density at radius 3 is 1.57 bits per heavy atom. The molecule has 0 atom stereocenters. The van der Waals surface area contributed by atoms with Gasteiger partial charge in [-0.25, -0.2) is 0 Å². The predicted octanol–water partition coefficient (Wildman–Crippen LogP) is 7.24. The van der Waals surface area contributed by atoms with Crippen LogP contribution in [0.2, 0.25) is 0 Å². The molecule has 5 rings (SSSR count). The summed E-state index contributed by atoms with van der Waals surface area (Å²) in [5.41, 5.74) is 5.07. The van der Waals surface area contributed by atoms with Crippen LogP contribution in [-0.4, -0.2) is 33.0 Å². The number of benzene rings is 3. The van der Waals surface area contributed by atoms with E-state index in [0.29, 0.717) is 13.2 Å². The molecule has 0 bridgehead atoms. The van der Waals surface area contributed by atoms with Crippen molar-refractivity contribution in [2.24, 2.45) is 0 Å². The third-order valence-corrected chi connectivity index (χ3v) is 5.95. The van der Waals surface area contributed by atoms with Crippen LogP contribution >= 0.6 is 0 Å². The molecule has 0 aliphatic heterocycles. The largest absolute Gasteiger partial charge is 0.494 e. The van der Waals surface area contributed by atoms with E-state index in [4.69, 9.17) is 9.47 Å². The lowest BCUT2D eigenvalue weighted by Crippen LogP contribution is -2.01. The molecule has 186 valence electrons. The van der Waals surface area contributed by atoms with Crippen molar-refractivity contribution in [1.29, 1.82) is 0 Å². The molecule has 3 aromatic carbocycles. The maximum Gasteiger partial charge on any atom is 0.168 e. The maximum absolute atomic E-state index is 5.77. The predicted molar refractivity (Wildman–Crippen MR) is 147 cm³/mol. The van der Waals surface area contributed by atoms with Gasteiger partial charge in [0, 0.05) is 29.2 Å². The van der Waals surface area contributed by atoms with E-state index in [-0.39, 0.29) is 0 Å². The van der Waals surface area contributed by atoms with Gasteiger partial charge in [-0.15, -0.1) is 10.2 Å². The minimum absolute atomic E-state index is 0.695. The average molecular weight is 491 g/mol. The van der Waals surface area contributed by atoms with Crippen LogP contribution < -0.4 is 9.47 Å². The highest BCUT2D eigenvalue weighted by molar-refractivity contribution is 5.69. The van der Waals surface area contributed by atoms with Crippen molar-refractivity contribution in [3.8, 4) is 51.1 Å². The van der Waals surface area contributed by atoms with Gasteiger partial charge in [0.15, 0.2) is 11.6 Å². The Balaban J connectivity index is 1.55. The van der Waals surface area contributed by atoms with Gasteiger partial charge in [0.1, 0.15) is 11.5 Å². The molecule has 6 nitrogen and oxygen atoms in total. The zero-order valence-electron chi connectivity index (χ0n) is 21.2. The maximum atomic E-state index is 5.77. The van der Waals surface area contributed by atoms with Crippen LogP contribution in [0.3, 0.4) is 0 Å². The number of nitrogens with zero attached hydrogens (tertiary/aromatic N) is 4. The molecule has 2 heterocycles. The number of hydrogen-bond acceptors (Lipinski definition) is 5. The van der Waals surface area contributed by atoms with Gasteiger partial charge in [0.05, 0.1) is 13.2 Å². The molecule has 0 saturated carbocycles. The molecule has 0 saturated heterocycles. The van der Waals surface area contributed by atoms with Gasteiger partial charge < -0.3 is 9.47 Å². The first-order valence-corrected chi connectivity index (χ1v) is 12.7. The smallest absolute Gasteiger partial charge is 0.168 e. The van der Waals surface area contributed by atoms with Crippen molar-refractivity contribution in [1.82, 2.24) is 19.7 Å². The topological polar surface area (TPSA) is 62.1 Å². The fraction of sp³-hybridized carbons (Fsp3) is 0.194. The summed E-state index contributed by atoms with van der Waals surface area (Å²) in [6.45, 7) is 5.59. The van der Waals surface area contributed by atoms with Crippen LogP contribution in [0.1, 0.15) is 26.7 Å².